The summed E-state index contributed by atoms with van der Waals surface area (Å²) in [6, 6.07) is 6.12. The van der Waals surface area contributed by atoms with Crippen LogP contribution in [0, 0.1) is 6.92 Å². The van der Waals surface area contributed by atoms with Gasteiger partial charge in [-0.3, -0.25) is 0 Å². The third kappa shape index (κ3) is 5.31. The molecule has 16 heavy (non-hydrogen) atoms. The number of unbranched alkanes of at least 4 members (excludes halogenated alkanes) is 2. The second-order valence-corrected chi connectivity index (χ2v) is 5.10. The van der Waals surface area contributed by atoms with Crippen molar-refractivity contribution in [3.63, 3.8) is 0 Å². The first-order valence-electron chi connectivity index (χ1n) is 5.82. The van der Waals surface area contributed by atoms with E-state index in [-0.39, 0.29) is 0 Å². The topological polar surface area (TPSA) is 38.0 Å². The van der Waals surface area contributed by atoms with Gasteiger partial charge in [-0.25, -0.2) is 0 Å². The lowest BCUT2D eigenvalue weighted by molar-refractivity contribution is 0.750. The van der Waals surface area contributed by atoms with Crippen LogP contribution >= 0.6 is 11.8 Å². The minimum absolute atomic E-state index is 0.838. The molecule has 0 amide bonds. The van der Waals surface area contributed by atoms with E-state index in [1.807, 2.05) is 23.9 Å². The fraction of sp³-hybridized carbons (Fsp3) is 0.538. The van der Waals surface area contributed by atoms with Gasteiger partial charge in [0, 0.05) is 17.9 Å². The zero-order chi connectivity index (χ0) is 11.8. The molecule has 90 valence electrons. The highest BCUT2D eigenvalue weighted by atomic mass is 32.2. The summed E-state index contributed by atoms with van der Waals surface area (Å²) in [7, 11) is 0. The van der Waals surface area contributed by atoms with Gasteiger partial charge in [0.15, 0.2) is 0 Å². The molecule has 0 aliphatic rings. The van der Waals surface area contributed by atoms with Crippen LogP contribution in [0.5, 0.6) is 0 Å². The van der Waals surface area contributed by atoms with Crippen molar-refractivity contribution in [2.24, 2.45) is 0 Å². The number of nitrogen functional groups attached to an aromatic ring is 1. The number of benzene rings is 1. The van der Waals surface area contributed by atoms with Crippen LogP contribution in [0.2, 0.25) is 0 Å². The third-order valence-electron chi connectivity index (χ3n) is 2.45. The molecular formula is C13H22N2S. The van der Waals surface area contributed by atoms with Crippen molar-refractivity contribution >= 4 is 23.1 Å². The van der Waals surface area contributed by atoms with Gasteiger partial charge in [0.2, 0.25) is 0 Å². The smallest absolute Gasteiger partial charge is 0.0363 e. The van der Waals surface area contributed by atoms with Gasteiger partial charge in [-0.05, 0) is 55.5 Å². The third-order valence-corrected chi connectivity index (χ3v) is 3.15. The van der Waals surface area contributed by atoms with Crippen molar-refractivity contribution in [2.75, 3.05) is 29.6 Å². The van der Waals surface area contributed by atoms with Crippen LogP contribution in [0.1, 0.15) is 24.8 Å². The largest absolute Gasteiger partial charge is 0.399 e. The standard InChI is InChI=1S/C13H22N2S/c1-11-8-12(14)10-13(9-11)15-6-4-3-5-7-16-2/h8-10,15H,3-7,14H2,1-2H3. The lowest BCUT2D eigenvalue weighted by Crippen LogP contribution is -2.02. The Bertz CT molecular complexity index is 293. The van der Waals surface area contributed by atoms with Crippen molar-refractivity contribution < 1.29 is 0 Å². The first-order valence-corrected chi connectivity index (χ1v) is 7.22. The van der Waals surface area contributed by atoms with Crippen LogP contribution in [-0.4, -0.2) is 18.6 Å². The van der Waals surface area contributed by atoms with Crippen LogP contribution in [0.3, 0.4) is 0 Å². The van der Waals surface area contributed by atoms with E-state index in [1.165, 1.54) is 30.6 Å². The number of rotatable bonds is 7. The van der Waals surface area contributed by atoms with Crippen molar-refractivity contribution in [1.29, 1.82) is 0 Å². The highest BCUT2D eigenvalue weighted by molar-refractivity contribution is 7.98. The Kier molecular flexibility index (Phi) is 6.16. The summed E-state index contributed by atoms with van der Waals surface area (Å²) in [5.74, 6) is 1.28. The molecule has 0 saturated heterocycles. The molecule has 2 nitrogen and oxygen atoms in total. The molecule has 0 unspecified atom stereocenters. The normalized spacial score (nSPS) is 10.4. The minimum Gasteiger partial charge on any atom is -0.399 e. The second-order valence-electron chi connectivity index (χ2n) is 4.11. The summed E-state index contributed by atoms with van der Waals surface area (Å²) >= 11 is 1.92. The highest BCUT2D eigenvalue weighted by Gasteiger charge is 1.95. The lowest BCUT2D eigenvalue weighted by Gasteiger charge is -2.08. The van der Waals surface area contributed by atoms with Gasteiger partial charge in [0.1, 0.15) is 0 Å². The van der Waals surface area contributed by atoms with Gasteiger partial charge in [-0.1, -0.05) is 6.42 Å². The zero-order valence-corrected chi connectivity index (χ0v) is 11.1. The van der Waals surface area contributed by atoms with Crippen molar-refractivity contribution in [1.82, 2.24) is 0 Å². The maximum absolute atomic E-state index is 5.79. The fourth-order valence-electron chi connectivity index (χ4n) is 1.70. The van der Waals surface area contributed by atoms with E-state index in [1.54, 1.807) is 0 Å². The molecule has 1 aromatic carbocycles. The lowest BCUT2D eigenvalue weighted by atomic mass is 10.2. The number of thioether (sulfide) groups is 1. The summed E-state index contributed by atoms with van der Waals surface area (Å²) in [5.41, 5.74) is 8.98. The fourth-order valence-corrected chi connectivity index (χ4v) is 2.19. The molecule has 0 radical (unpaired) electrons. The van der Waals surface area contributed by atoms with Crippen LogP contribution in [0.4, 0.5) is 11.4 Å². The number of hydrogen-bond donors (Lipinski definition) is 2. The van der Waals surface area contributed by atoms with Gasteiger partial charge in [0.25, 0.3) is 0 Å². The number of nitrogens with two attached hydrogens (primary N) is 1. The average molecular weight is 238 g/mol. The molecule has 0 bridgehead atoms. The number of hydrogen-bond acceptors (Lipinski definition) is 3. The summed E-state index contributed by atoms with van der Waals surface area (Å²) in [6.07, 6.45) is 6.01. The van der Waals surface area contributed by atoms with Crippen LogP contribution in [-0.2, 0) is 0 Å². The first-order chi connectivity index (χ1) is 7.72. The second kappa shape index (κ2) is 7.44. The first kappa shape index (κ1) is 13.2. The summed E-state index contributed by atoms with van der Waals surface area (Å²) < 4.78 is 0. The molecule has 0 aromatic heterocycles. The highest BCUT2D eigenvalue weighted by Crippen LogP contribution is 2.15. The Morgan fingerprint density at radius 1 is 1.19 bits per heavy atom. The number of aryl methyl sites for hydroxylation is 1. The summed E-state index contributed by atoms with van der Waals surface area (Å²) in [6.45, 7) is 3.11. The van der Waals surface area contributed by atoms with Gasteiger partial charge in [-0.2, -0.15) is 11.8 Å². The molecule has 0 spiro atoms. The molecule has 0 atom stereocenters. The molecule has 0 heterocycles. The molecule has 1 rings (SSSR count). The van der Waals surface area contributed by atoms with Gasteiger partial charge >= 0.3 is 0 Å². The predicted octanol–water partition coefficient (Wildman–Crippen LogP) is 3.52. The Morgan fingerprint density at radius 3 is 2.69 bits per heavy atom. The van der Waals surface area contributed by atoms with E-state index < -0.39 is 0 Å². The Labute approximate surface area is 103 Å². The van der Waals surface area contributed by atoms with Crippen molar-refractivity contribution in [3.05, 3.63) is 23.8 Å². The molecule has 0 saturated carbocycles. The predicted molar refractivity (Wildman–Crippen MR) is 76.3 cm³/mol. The van der Waals surface area contributed by atoms with Gasteiger partial charge in [-0.15, -0.1) is 0 Å². The minimum atomic E-state index is 0.838. The maximum Gasteiger partial charge on any atom is 0.0363 e. The SMILES string of the molecule is CSCCCCCNc1cc(C)cc(N)c1. The zero-order valence-electron chi connectivity index (χ0n) is 10.3. The quantitative estimate of drug-likeness (QED) is 0.564. The van der Waals surface area contributed by atoms with E-state index in [4.69, 9.17) is 5.73 Å². The van der Waals surface area contributed by atoms with E-state index in [2.05, 4.69) is 24.6 Å². The maximum atomic E-state index is 5.79. The molecule has 0 fully saturated rings. The Balaban J connectivity index is 2.21. The molecule has 3 heteroatoms. The van der Waals surface area contributed by atoms with Gasteiger partial charge < -0.3 is 11.1 Å². The number of anilines is 2. The van der Waals surface area contributed by atoms with Crippen molar-refractivity contribution in [2.45, 2.75) is 26.2 Å². The molecule has 0 aliphatic heterocycles. The Morgan fingerprint density at radius 2 is 2.00 bits per heavy atom. The van der Waals surface area contributed by atoms with E-state index >= 15 is 0 Å². The van der Waals surface area contributed by atoms with Crippen LogP contribution < -0.4 is 11.1 Å². The molecule has 0 aliphatic carbocycles. The Hall–Kier alpha value is -0.830. The molecule has 3 N–H and O–H groups in total. The summed E-state index contributed by atoms with van der Waals surface area (Å²) in [4.78, 5) is 0. The van der Waals surface area contributed by atoms with Crippen LogP contribution in [0.25, 0.3) is 0 Å². The monoisotopic (exact) mass is 238 g/mol. The molecule has 1 aromatic rings. The van der Waals surface area contributed by atoms with Crippen molar-refractivity contribution in [3.8, 4) is 0 Å². The van der Waals surface area contributed by atoms with E-state index in [9.17, 15) is 0 Å². The number of nitrogens with one attached hydrogen (secondary N) is 1. The average Bonchev–Trinajstić information content (AvgIpc) is 2.22. The molecular weight excluding hydrogens is 216 g/mol. The van der Waals surface area contributed by atoms with Gasteiger partial charge in [0.05, 0.1) is 0 Å². The van der Waals surface area contributed by atoms with E-state index in [0.29, 0.717) is 0 Å². The summed E-state index contributed by atoms with van der Waals surface area (Å²) in [5, 5.41) is 3.42. The van der Waals surface area contributed by atoms with E-state index in [0.717, 1.165) is 17.9 Å². The van der Waals surface area contributed by atoms with Crippen LogP contribution in [0.15, 0.2) is 18.2 Å².